The molecule has 0 heterocycles. The van der Waals surface area contributed by atoms with E-state index in [1.54, 1.807) is 0 Å². The summed E-state index contributed by atoms with van der Waals surface area (Å²) in [5.74, 6) is 1.34. The second-order valence-electron chi connectivity index (χ2n) is 5.24. The smallest absolute Gasteiger partial charge is 0.159 e. The molecule has 0 aromatic rings. The second kappa shape index (κ2) is 6.06. The highest BCUT2D eigenvalue weighted by molar-refractivity contribution is 6.19. The molecule has 0 amide bonds. The minimum atomic E-state index is -0.0740. The molecular weight excluding hydrogens is 244 g/mol. The summed E-state index contributed by atoms with van der Waals surface area (Å²) in [5.41, 5.74) is 3.30. The van der Waals surface area contributed by atoms with Crippen molar-refractivity contribution in [2.24, 2.45) is 11.3 Å². The van der Waals surface area contributed by atoms with Crippen molar-refractivity contribution in [1.82, 2.24) is 0 Å². The molecule has 2 rings (SSSR count). The van der Waals surface area contributed by atoms with Gasteiger partial charge in [-0.05, 0) is 32.1 Å². The van der Waals surface area contributed by atoms with Crippen LogP contribution in [-0.2, 0) is 4.79 Å². The molecular formula is C16H25ClO. The lowest BCUT2D eigenvalue weighted by atomic mass is 9.65. The molecule has 2 heteroatoms. The van der Waals surface area contributed by atoms with E-state index in [0.29, 0.717) is 24.0 Å². The quantitative estimate of drug-likeness (QED) is 0.514. The SMILES string of the molecule is C=C(CCl)C12CCC(=O)C1=C(C)C(C)CC2.CC. The normalized spacial score (nSPS) is 30.7. The predicted octanol–water partition coefficient (Wildman–Crippen LogP) is 4.90. The Morgan fingerprint density at radius 1 is 1.44 bits per heavy atom. The van der Waals surface area contributed by atoms with E-state index in [1.807, 2.05) is 13.8 Å². The highest BCUT2D eigenvalue weighted by atomic mass is 35.5. The minimum absolute atomic E-state index is 0.0740. The molecule has 1 nitrogen and oxygen atoms in total. The van der Waals surface area contributed by atoms with Gasteiger partial charge < -0.3 is 0 Å². The van der Waals surface area contributed by atoms with Crippen molar-refractivity contribution in [2.45, 2.75) is 53.4 Å². The average Bonchev–Trinajstić information content (AvgIpc) is 2.75. The van der Waals surface area contributed by atoms with Gasteiger partial charge in [0.15, 0.2) is 5.78 Å². The lowest BCUT2D eigenvalue weighted by Crippen LogP contribution is -2.30. The Bertz CT molecular complexity index is 381. The molecule has 1 saturated carbocycles. The minimum Gasteiger partial charge on any atom is -0.295 e. The molecule has 18 heavy (non-hydrogen) atoms. The van der Waals surface area contributed by atoms with E-state index in [-0.39, 0.29) is 5.41 Å². The van der Waals surface area contributed by atoms with E-state index < -0.39 is 0 Å². The van der Waals surface area contributed by atoms with Crippen LogP contribution in [0.1, 0.15) is 53.4 Å². The van der Waals surface area contributed by atoms with Crippen molar-refractivity contribution in [3.05, 3.63) is 23.3 Å². The Kier molecular flexibility index (Phi) is 5.21. The monoisotopic (exact) mass is 268 g/mol. The predicted molar refractivity (Wildman–Crippen MR) is 79.0 cm³/mol. The topological polar surface area (TPSA) is 17.1 Å². The van der Waals surface area contributed by atoms with E-state index >= 15 is 0 Å². The fourth-order valence-electron chi connectivity index (χ4n) is 3.28. The molecule has 2 unspecified atom stereocenters. The zero-order chi connectivity index (χ0) is 13.9. The van der Waals surface area contributed by atoms with Crippen LogP contribution in [0.15, 0.2) is 23.3 Å². The molecule has 0 saturated heterocycles. The van der Waals surface area contributed by atoms with Crippen LogP contribution >= 0.6 is 11.6 Å². The summed E-state index contributed by atoms with van der Waals surface area (Å²) in [6.07, 6.45) is 3.81. The van der Waals surface area contributed by atoms with Crippen LogP contribution in [0.3, 0.4) is 0 Å². The molecule has 0 aromatic heterocycles. The zero-order valence-corrected chi connectivity index (χ0v) is 12.9. The maximum absolute atomic E-state index is 12.0. The van der Waals surface area contributed by atoms with Crippen molar-refractivity contribution >= 4 is 17.4 Å². The lowest BCUT2D eigenvalue weighted by molar-refractivity contribution is -0.114. The van der Waals surface area contributed by atoms with Crippen LogP contribution in [0.5, 0.6) is 0 Å². The van der Waals surface area contributed by atoms with Gasteiger partial charge in [-0.3, -0.25) is 4.79 Å². The van der Waals surface area contributed by atoms with E-state index in [9.17, 15) is 4.79 Å². The van der Waals surface area contributed by atoms with Gasteiger partial charge in [-0.15, -0.1) is 11.6 Å². The molecule has 0 aliphatic heterocycles. The van der Waals surface area contributed by atoms with Gasteiger partial charge in [-0.2, -0.15) is 0 Å². The van der Waals surface area contributed by atoms with Crippen LogP contribution < -0.4 is 0 Å². The molecule has 0 aromatic carbocycles. The molecule has 2 aliphatic carbocycles. The van der Waals surface area contributed by atoms with Gasteiger partial charge in [0.1, 0.15) is 0 Å². The maximum Gasteiger partial charge on any atom is 0.159 e. The summed E-state index contributed by atoms with van der Waals surface area (Å²) in [6, 6.07) is 0. The summed E-state index contributed by atoms with van der Waals surface area (Å²) in [7, 11) is 0. The molecule has 0 bridgehead atoms. The van der Waals surface area contributed by atoms with Crippen LogP contribution in [0.25, 0.3) is 0 Å². The fraction of sp³-hybridized carbons (Fsp3) is 0.688. The number of hydrogen-bond acceptors (Lipinski definition) is 1. The number of rotatable bonds is 2. The molecule has 2 atom stereocenters. The molecule has 2 aliphatic rings. The lowest BCUT2D eigenvalue weighted by Gasteiger charge is -2.39. The molecule has 0 radical (unpaired) electrons. The van der Waals surface area contributed by atoms with Crippen molar-refractivity contribution in [3.63, 3.8) is 0 Å². The van der Waals surface area contributed by atoms with E-state index in [2.05, 4.69) is 20.4 Å². The molecule has 0 N–H and O–H groups in total. The van der Waals surface area contributed by atoms with Gasteiger partial charge in [0, 0.05) is 23.3 Å². The number of fused-ring (bicyclic) bond motifs is 1. The molecule has 102 valence electrons. The second-order valence-corrected chi connectivity index (χ2v) is 5.51. The third-order valence-corrected chi connectivity index (χ3v) is 4.83. The van der Waals surface area contributed by atoms with Gasteiger partial charge in [0.2, 0.25) is 0 Å². The number of ketones is 1. The Morgan fingerprint density at radius 2 is 2.06 bits per heavy atom. The van der Waals surface area contributed by atoms with Gasteiger partial charge in [0.25, 0.3) is 0 Å². The van der Waals surface area contributed by atoms with Crippen molar-refractivity contribution in [1.29, 1.82) is 0 Å². The van der Waals surface area contributed by atoms with Gasteiger partial charge in [0.05, 0.1) is 0 Å². The summed E-state index contributed by atoms with van der Waals surface area (Å²) in [6.45, 7) is 12.4. The zero-order valence-electron chi connectivity index (χ0n) is 12.1. The highest BCUT2D eigenvalue weighted by Gasteiger charge is 2.48. The number of alkyl halides is 1. The Labute approximate surface area is 116 Å². The third kappa shape index (κ3) is 2.30. The van der Waals surface area contributed by atoms with E-state index in [0.717, 1.165) is 30.4 Å². The van der Waals surface area contributed by atoms with Gasteiger partial charge in [-0.25, -0.2) is 0 Å². The van der Waals surface area contributed by atoms with Crippen LogP contribution in [0, 0.1) is 11.3 Å². The number of carbonyl (C=O) groups is 1. The average molecular weight is 269 g/mol. The first-order valence-corrected chi connectivity index (χ1v) is 7.55. The van der Waals surface area contributed by atoms with Crippen molar-refractivity contribution < 1.29 is 4.79 Å². The van der Waals surface area contributed by atoms with Gasteiger partial charge in [-0.1, -0.05) is 38.5 Å². The summed E-state index contributed by atoms with van der Waals surface area (Å²) < 4.78 is 0. The van der Waals surface area contributed by atoms with E-state index in [1.165, 1.54) is 5.57 Å². The summed E-state index contributed by atoms with van der Waals surface area (Å²) in [5, 5.41) is 0. The first-order chi connectivity index (χ1) is 8.53. The fourth-order valence-corrected chi connectivity index (χ4v) is 3.53. The van der Waals surface area contributed by atoms with Gasteiger partial charge >= 0.3 is 0 Å². The maximum atomic E-state index is 12.0. The van der Waals surface area contributed by atoms with Crippen LogP contribution in [-0.4, -0.2) is 11.7 Å². The highest BCUT2D eigenvalue weighted by Crippen LogP contribution is 2.55. The van der Waals surface area contributed by atoms with E-state index in [4.69, 9.17) is 11.6 Å². The third-order valence-electron chi connectivity index (χ3n) is 4.51. The first kappa shape index (κ1) is 15.5. The largest absolute Gasteiger partial charge is 0.295 e. The molecule has 1 fully saturated rings. The number of carbonyl (C=O) groups excluding carboxylic acids is 1. The first-order valence-electron chi connectivity index (χ1n) is 7.01. The van der Waals surface area contributed by atoms with Crippen LogP contribution in [0.2, 0.25) is 0 Å². The molecule has 0 spiro atoms. The number of hydrogen-bond donors (Lipinski definition) is 0. The number of halogens is 1. The standard InChI is InChI=1S/C14H19ClO.C2H6/c1-9-4-6-14(10(2)8-15)7-5-12(16)13(14)11(9)3;1-2/h9H,2,4-8H2,1,3H3;1-2H3. The van der Waals surface area contributed by atoms with Crippen molar-refractivity contribution in [3.8, 4) is 0 Å². The Hall–Kier alpha value is -0.560. The number of Topliss-reactive ketones (excluding diaryl/α,β-unsaturated/α-hetero) is 1. The summed E-state index contributed by atoms with van der Waals surface area (Å²) in [4.78, 5) is 12.0. The Morgan fingerprint density at radius 3 is 2.61 bits per heavy atom. The van der Waals surface area contributed by atoms with Crippen LogP contribution in [0.4, 0.5) is 0 Å². The number of allylic oxidation sites excluding steroid dienone is 3. The van der Waals surface area contributed by atoms with Crippen molar-refractivity contribution in [2.75, 3.05) is 5.88 Å². The Balaban J connectivity index is 0.000000771. The summed E-state index contributed by atoms with van der Waals surface area (Å²) >= 11 is 5.95.